The lowest BCUT2D eigenvalue weighted by Gasteiger charge is -2.37. The van der Waals surface area contributed by atoms with Crippen molar-refractivity contribution < 1.29 is 14.3 Å². The minimum atomic E-state index is -0.138. The van der Waals surface area contributed by atoms with Crippen LogP contribution in [0.3, 0.4) is 0 Å². The van der Waals surface area contributed by atoms with Crippen LogP contribution in [-0.4, -0.2) is 61.3 Å². The van der Waals surface area contributed by atoms with E-state index in [1.807, 2.05) is 31.2 Å². The van der Waals surface area contributed by atoms with Gasteiger partial charge in [-0.2, -0.15) is 0 Å². The van der Waals surface area contributed by atoms with Gasteiger partial charge in [0.2, 0.25) is 12.7 Å². The highest BCUT2D eigenvalue weighted by Gasteiger charge is 2.25. The van der Waals surface area contributed by atoms with E-state index in [2.05, 4.69) is 51.5 Å². The average Bonchev–Trinajstić information content (AvgIpc) is 3.26. The number of rotatable bonds is 7. The molecule has 1 amide bonds. The number of hydrogen-bond acceptors (Lipinski definition) is 5. The number of fused-ring (bicyclic) bond motifs is 1. The lowest BCUT2D eigenvalue weighted by molar-refractivity contribution is -0.126. The van der Waals surface area contributed by atoms with Gasteiger partial charge in [-0.15, -0.1) is 0 Å². The fourth-order valence-corrected chi connectivity index (χ4v) is 3.79. The molecule has 1 fully saturated rings. The highest BCUT2D eigenvalue weighted by Crippen LogP contribution is 2.32. The van der Waals surface area contributed by atoms with Crippen molar-refractivity contribution in [2.45, 2.75) is 19.5 Å². The molecule has 1 saturated heterocycles. The Morgan fingerprint density at radius 2 is 1.83 bits per heavy atom. The van der Waals surface area contributed by atoms with Crippen LogP contribution < -0.4 is 14.8 Å². The van der Waals surface area contributed by atoms with E-state index in [0.29, 0.717) is 6.54 Å². The van der Waals surface area contributed by atoms with Gasteiger partial charge in [0.1, 0.15) is 0 Å². The van der Waals surface area contributed by atoms with Crippen LogP contribution >= 0.6 is 0 Å². The van der Waals surface area contributed by atoms with Gasteiger partial charge in [0.05, 0.1) is 6.04 Å². The third-order valence-electron chi connectivity index (χ3n) is 5.71. The summed E-state index contributed by atoms with van der Waals surface area (Å²) >= 11 is 0. The molecule has 0 bridgehead atoms. The SMILES string of the molecule is C[C@@H](C(=O)NCc1ccc2c(c1)OCO2)N1CCN(C/C=C/c2ccccc2)CC1. The standard InChI is InChI=1S/C24H29N3O3/c1-19(24(28)25-17-21-9-10-22-23(16-21)30-18-29-22)27-14-12-26(13-15-27)11-5-8-20-6-3-2-4-7-20/h2-10,16,19H,11-15,17-18H2,1H3,(H,25,28)/b8-5+/t19-/m0/s1. The van der Waals surface area contributed by atoms with E-state index >= 15 is 0 Å². The molecule has 30 heavy (non-hydrogen) atoms. The molecule has 4 rings (SSSR count). The first-order valence-electron chi connectivity index (χ1n) is 10.5. The van der Waals surface area contributed by atoms with Crippen LogP contribution in [0, 0.1) is 0 Å². The van der Waals surface area contributed by atoms with Gasteiger partial charge in [-0.1, -0.05) is 48.6 Å². The molecule has 0 saturated carbocycles. The monoisotopic (exact) mass is 407 g/mol. The Bertz CT molecular complexity index is 877. The highest BCUT2D eigenvalue weighted by molar-refractivity contribution is 5.81. The number of nitrogens with zero attached hydrogens (tertiary/aromatic N) is 2. The first-order chi connectivity index (χ1) is 14.7. The zero-order valence-electron chi connectivity index (χ0n) is 17.4. The second-order valence-corrected chi connectivity index (χ2v) is 7.73. The van der Waals surface area contributed by atoms with E-state index < -0.39 is 0 Å². The molecule has 6 nitrogen and oxygen atoms in total. The molecule has 2 aliphatic rings. The first-order valence-corrected chi connectivity index (χ1v) is 10.5. The summed E-state index contributed by atoms with van der Waals surface area (Å²) in [6.07, 6.45) is 4.38. The molecule has 158 valence electrons. The van der Waals surface area contributed by atoms with Crippen LogP contribution in [0.15, 0.2) is 54.6 Å². The van der Waals surface area contributed by atoms with Gasteiger partial charge in [-0.05, 0) is 30.2 Å². The Hall–Kier alpha value is -2.83. The number of nitrogens with one attached hydrogen (secondary N) is 1. The van der Waals surface area contributed by atoms with E-state index in [4.69, 9.17) is 9.47 Å². The van der Waals surface area contributed by atoms with Crippen molar-refractivity contribution in [3.8, 4) is 11.5 Å². The predicted octanol–water partition coefficient (Wildman–Crippen LogP) is 2.75. The molecule has 0 radical (unpaired) electrons. The summed E-state index contributed by atoms with van der Waals surface area (Å²) in [5, 5.41) is 3.05. The largest absolute Gasteiger partial charge is 0.454 e. The quantitative estimate of drug-likeness (QED) is 0.765. The summed E-state index contributed by atoms with van der Waals surface area (Å²) < 4.78 is 10.7. The van der Waals surface area contributed by atoms with Crippen molar-refractivity contribution in [3.05, 3.63) is 65.7 Å². The van der Waals surface area contributed by atoms with Gasteiger partial charge in [0, 0.05) is 39.3 Å². The Balaban J connectivity index is 1.19. The van der Waals surface area contributed by atoms with Gasteiger partial charge in [-0.3, -0.25) is 14.6 Å². The molecule has 2 aromatic carbocycles. The van der Waals surface area contributed by atoms with Crippen LogP contribution in [0.4, 0.5) is 0 Å². The van der Waals surface area contributed by atoms with Gasteiger partial charge in [-0.25, -0.2) is 0 Å². The lowest BCUT2D eigenvalue weighted by atomic mass is 10.1. The van der Waals surface area contributed by atoms with E-state index in [1.165, 1.54) is 5.56 Å². The second-order valence-electron chi connectivity index (χ2n) is 7.73. The Morgan fingerprint density at radius 1 is 1.07 bits per heavy atom. The van der Waals surface area contributed by atoms with Gasteiger partial charge in [0.15, 0.2) is 11.5 Å². The number of benzene rings is 2. The highest BCUT2D eigenvalue weighted by atomic mass is 16.7. The van der Waals surface area contributed by atoms with Crippen molar-refractivity contribution >= 4 is 12.0 Å². The normalized spacial score (nSPS) is 17.9. The summed E-state index contributed by atoms with van der Waals surface area (Å²) in [5.41, 5.74) is 2.23. The number of piperazine rings is 1. The van der Waals surface area contributed by atoms with Gasteiger partial charge < -0.3 is 14.8 Å². The summed E-state index contributed by atoms with van der Waals surface area (Å²) in [6, 6.07) is 16.0. The topological polar surface area (TPSA) is 54.0 Å². The minimum Gasteiger partial charge on any atom is -0.454 e. The average molecular weight is 408 g/mol. The van der Waals surface area contributed by atoms with Crippen LogP contribution in [0.5, 0.6) is 11.5 Å². The number of carbonyl (C=O) groups excluding carboxylic acids is 1. The van der Waals surface area contributed by atoms with Crippen molar-refractivity contribution in [1.29, 1.82) is 0 Å². The number of carbonyl (C=O) groups is 1. The maximum Gasteiger partial charge on any atom is 0.237 e. The van der Waals surface area contributed by atoms with Crippen LogP contribution in [0.25, 0.3) is 6.08 Å². The zero-order chi connectivity index (χ0) is 20.8. The Morgan fingerprint density at radius 3 is 2.63 bits per heavy atom. The lowest BCUT2D eigenvalue weighted by Crippen LogP contribution is -2.53. The molecule has 2 heterocycles. The van der Waals surface area contributed by atoms with E-state index in [0.717, 1.165) is 49.8 Å². The molecule has 2 aromatic rings. The molecule has 6 heteroatoms. The molecule has 0 aliphatic carbocycles. The van der Waals surface area contributed by atoms with Crippen LogP contribution in [0.2, 0.25) is 0 Å². The van der Waals surface area contributed by atoms with Gasteiger partial charge >= 0.3 is 0 Å². The molecule has 2 aliphatic heterocycles. The molecule has 0 aromatic heterocycles. The summed E-state index contributed by atoms with van der Waals surface area (Å²) in [4.78, 5) is 17.3. The summed E-state index contributed by atoms with van der Waals surface area (Å²) in [5.74, 6) is 1.56. The van der Waals surface area contributed by atoms with Crippen molar-refractivity contribution in [2.24, 2.45) is 0 Å². The number of amides is 1. The van der Waals surface area contributed by atoms with E-state index in [-0.39, 0.29) is 18.7 Å². The second kappa shape index (κ2) is 9.78. The molecule has 1 atom stereocenters. The number of ether oxygens (including phenoxy) is 2. The summed E-state index contributed by atoms with van der Waals surface area (Å²) in [7, 11) is 0. The van der Waals surface area contributed by atoms with E-state index in [9.17, 15) is 4.79 Å². The molecule has 0 spiro atoms. The van der Waals surface area contributed by atoms with Crippen LogP contribution in [-0.2, 0) is 11.3 Å². The third kappa shape index (κ3) is 5.20. The fraction of sp³-hybridized carbons (Fsp3) is 0.375. The maximum atomic E-state index is 12.6. The van der Waals surface area contributed by atoms with Crippen LogP contribution in [0.1, 0.15) is 18.1 Å². The Kier molecular flexibility index (Phi) is 6.67. The first kappa shape index (κ1) is 20.4. The van der Waals surface area contributed by atoms with Crippen molar-refractivity contribution in [1.82, 2.24) is 15.1 Å². The Labute approximate surface area is 178 Å². The van der Waals surface area contributed by atoms with Gasteiger partial charge in [0.25, 0.3) is 0 Å². The zero-order valence-corrected chi connectivity index (χ0v) is 17.4. The predicted molar refractivity (Wildman–Crippen MR) is 117 cm³/mol. The minimum absolute atomic E-state index is 0.0603. The maximum absolute atomic E-state index is 12.6. The van der Waals surface area contributed by atoms with E-state index in [1.54, 1.807) is 0 Å². The molecular weight excluding hydrogens is 378 g/mol. The molecular formula is C24H29N3O3. The van der Waals surface area contributed by atoms with Crippen molar-refractivity contribution in [2.75, 3.05) is 39.5 Å². The molecule has 1 N–H and O–H groups in total. The smallest absolute Gasteiger partial charge is 0.237 e. The fourth-order valence-electron chi connectivity index (χ4n) is 3.79. The molecule has 0 unspecified atom stereocenters. The summed E-state index contributed by atoms with van der Waals surface area (Å²) in [6.45, 7) is 7.42. The van der Waals surface area contributed by atoms with Crippen molar-refractivity contribution in [3.63, 3.8) is 0 Å². The number of hydrogen-bond donors (Lipinski definition) is 1. The third-order valence-corrected chi connectivity index (χ3v) is 5.71.